The summed E-state index contributed by atoms with van der Waals surface area (Å²) in [5, 5.41) is 3.61. The molecule has 4 aromatic rings. The highest BCUT2D eigenvalue weighted by molar-refractivity contribution is 7.92. The van der Waals surface area contributed by atoms with E-state index in [1.165, 1.54) is 17.0 Å². The highest BCUT2D eigenvalue weighted by atomic mass is 35.5. The molecule has 0 bridgehead atoms. The number of unbranched alkanes of at least 4 members (excludes halogenated alkanes) is 1. The summed E-state index contributed by atoms with van der Waals surface area (Å²) in [5.74, 6) is 0.159. The Balaban J connectivity index is 1.69. The summed E-state index contributed by atoms with van der Waals surface area (Å²) in [7, 11) is -4.20. The van der Waals surface area contributed by atoms with Crippen molar-refractivity contribution in [2.24, 2.45) is 0 Å². The fourth-order valence-corrected chi connectivity index (χ4v) is 6.41. The maximum absolute atomic E-state index is 14.1. The molecular weight excluding hydrogens is 633 g/mol. The van der Waals surface area contributed by atoms with Crippen molar-refractivity contribution in [2.45, 2.75) is 44.2 Å². The van der Waals surface area contributed by atoms with E-state index in [1.54, 1.807) is 79.7 Å². The van der Waals surface area contributed by atoms with E-state index in [9.17, 15) is 18.0 Å². The summed E-state index contributed by atoms with van der Waals surface area (Å²) < 4.78 is 34.9. The first-order valence-corrected chi connectivity index (χ1v) is 16.7. The van der Waals surface area contributed by atoms with Gasteiger partial charge in [0.25, 0.3) is 10.0 Å². The SMILES string of the molecule is CCCCNC(=O)C(C)N(Cc1ccc(Cl)cc1Cl)C(=O)CN(c1ccc(Oc2ccccc2)cc1)S(=O)(=O)c1ccccc1. The third kappa shape index (κ3) is 9.00. The predicted molar refractivity (Wildman–Crippen MR) is 178 cm³/mol. The Labute approximate surface area is 274 Å². The van der Waals surface area contributed by atoms with Gasteiger partial charge < -0.3 is 15.0 Å². The van der Waals surface area contributed by atoms with Gasteiger partial charge in [-0.25, -0.2) is 8.42 Å². The molecule has 0 saturated heterocycles. The standard InChI is InChI=1S/C34H35Cl2N3O5S/c1-3-4-21-37-34(41)25(2)38(23-26-15-16-27(35)22-32(26)36)33(40)24-39(45(42,43)31-13-9-6-10-14-31)28-17-19-30(20-18-28)44-29-11-7-5-8-12-29/h5-20,22,25H,3-4,21,23-24H2,1-2H3,(H,37,41). The molecule has 4 rings (SSSR count). The number of benzene rings is 4. The number of para-hydroxylation sites is 1. The van der Waals surface area contributed by atoms with E-state index < -0.39 is 28.5 Å². The molecule has 2 amide bonds. The average Bonchev–Trinajstić information content (AvgIpc) is 3.04. The van der Waals surface area contributed by atoms with E-state index in [0.29, 0.717) is 33.7 Å². The van der Waals surface area contributed by atoms with Crippen LogP contribution in [0.2, 0.25) is 10.0 Å². The molecule has 4 aromatic carbocycles. The fourth-order valence-electron chi connectivity index (χ4n) is 4.51. The van der Waals surface area contributed by atoms with Gasteiger partial charge in [0.1, 0.15) is 24.1 Å². The maximum atomic E-state index is 14.1. The largest absolute Gasteiger partial charge is 0.457 e. The number of nitrogens with one attached hydrogen (secondary N) is 1. The van der Waals surface area contributed by atoms with Crippen LogP contribution in [0.3, 0.4) is 0 Å². The van der Waals surface area contributed by atoms with Gasteiger partial charge in [-0.1, -0.05) is 79.0 Å². The van der Waals surface area contributed by atoms with E-state index in [4.69, 9.17) is 27.9 Å². The van der Waals surface area contributed by atoms with Gasteiger partial charge in [-0.05, 0) is 79.6 Å². The summed E-state index contributed by atoms with van der Waals surface area (Å²) in [4.78, 5) is 28.6. The van der Waals surface area contributed by atoms with Crippen LogP contribution < -0.4 is 14.4 Å². The minimum atomic E-state index is -4.20. The molecule has 0 spiro atoms. The number of rotatable bonds is 14. The Morgan fingerprint density at radius 3 is 2.11 bits per heavy atom. The van der Waals surface area contributed by atoms with Crippen molar-refractivity contribution < 1.29 is 22.7 Å². The van der Waals surface area contributed by atoms with Gasteiger partial charge in [-0.3, -0.25) is 13.9 Å². The molecule has 0 aliphatic rings. The molecule has 1 N–H and O–H groups in total. The Morgan fingerprint density at radius 1 is 0.867 bits per heavy atom. The highest BCUT2D eigenvalue weighted by Gasteiger charge is 2.32. The topological polar surface area (TPSA) is 96.0 Å². The quantitative estimate of drug-likeness (QED) is 0.142. The van der Waals surface area contributed by atoms with Gasteiger partial charge in [0.15, 0.2) is 0 Å². The molecule has 0 aromatic heterocycles. The number of nitrogens with zero attached hydrogens (tertiary/aromatic N) is 2. The predicted octanol–water partition coefficient (Wildman–Crippen LogP) is 7.31. The van der Waals surface area contributed by atoms with Crippen LogP contribution in [-0.2, 0) is 26.2 Å². The van der Waals surface area contributed by atoms with E-state index in [2.05, 4.69) is 5.32 Å². The number of halogens is 2. The van der Waals surface area contributed by atoms with Crippen LogP contribution in [0.25, 0.3) is 0 Å². The second kappa shape index (κ2) is 15.8. The molecule has 236 valence electrons. The lowest BCUT2D eigenvalue weighted by molar-refractivity contribution is -0.139. The third-order valence-corrected chi connectivity index (χ3v) is 9.44. The number of anilines is 1. The Bertz CT molecular complexity index is 1690. The molecule has 45 heavy (non-hydrogen) atoms. The molecule has 1 unspecified atom stereocenters. The minimum Gasteiger partial charge on any atom is -0.457 e. The number of amides is 2. The first-order valence-electron chi connectivity index (χ1n) is 14.5. The van der Waals surface area contributed by atoms with E-state index in [0.717, 1.165) is 17.1 Å². The van der Waals surface area contributed by atoms with Crippen molar-refractivity contribution in [3.8, 4) is 11.5 Å². The van der Waals surface area contributed by atoms with Gasteiger partial charge in [0.2, 0.25) is 11.8 Å². The summed E-state index contributed by atoms with van der Waals surface area (Å²) in [6, 6.07) is 27.4. The number of ether oxygens (including phenoxy) is 1. The first kappa shape index (κ1) is 33.8. The number of hydrogen-bond acceptors (Lipinski definition) is 5. The van der Waals surface area contributed by atoms with Crippen molar-refractivity contribution >= 4 is 50.7 Å². The lowest BCUT2D eigenvalue weighted by atomic mass is 10.1. The fraction of sp³-hybridized carbons (Fsp3) is 0.235. The summed E-state index contributed by atoms with van der Waals surface area (Å²) in [6.45, 7) is 3.45. The van der Waals surface area contributed by atoms with E-state index in [1.807, 2.05) is 25.1 Å². The molecule has 0 fully saturated rings. The van der Waals surface area contributed by atoms with Crippen molar-refractivity contribution in [2.75, 3.05) is 17.4 Å². The monoisotopic (exact) mass is 667 g/mol. The van der Waals surface area contributed by atoms with Crippen LogP contribution in [0.1, 0.15) is 32.3 Å². The average molecular weight is 669 g/mol. The number of sulfonamides is 1. The smallest absolute Gasteiger partial charge is 0.264 e. The molecule has 11 heteroatoms. The molecule has 0 aliphatic carbocycles. The van der Waals surface area contributed by atoms with Gasteiger partial charge in [0, 0.05) is 23.1 Å². The minimum absolute atomic E-state index is 0.0139. The van der Waals surface area contributed by atoms with Gasteiger partial charge in [0.05, 0.1) is 10.6 Å². The van der Waals surface area contributed by atoms with Gasteiger partial charge in [-0.2, -0.15) is 0 Å². The zero-order valence-corrected chi connectivity index (χ0v) is 27.4. The Morgan fingerprint density at radius 2 is 1.49 bits per heavy atom. The summed E-state index contributed by atoms with van der Waals surface area (Å²) in [5.41, 5.74) is 0.805. The molecule has 8 nitrogen and oxygen atoms in total. The van der Waals surface area contributed by atoms with Crippen LogP contribution in [0.4, 0.5) is 5.69 Å². The second-order valence-electron chi connectivity index (χ2n) is 10.3. The Hall–Kier alpha value is -4.05. The van der Waals surface area contributed by atoms with E-state index in [-0.39, 0.29) is 23.0 Å². The third-order valence-electron chi connectivity index (χ3n) is 7.07. The van der Waals surface area contributed by atoms with Crippen molar-refractivity contribution in [3.05, 3.63) is 119 Å². The lowest BCUT2D eigenvalue weighted by Gasteiger charge is -2.32. The van der Waals surface area contributed by atoms with Crippen LogP contribution in [-0.4, -0.2) is 44.3 Å². The highest BCUT2D eigenvalue weighted by Crippen LogP contribution is 2.29. The van der Waals surface area contributed by atoms with Gasteiger partial charge >= 0.3 is 0 Å². The summed E-state index contributed by atoms with van der Waals surface area (Å²) >= 11 is 12.5. The molecule has 1 atom stereocenters. The normalized spacial score (nSPS) is 11.8. The number of hydrogen-bond donors (Lipinski definition) is 1. The van der Waals surface area contributed by atoms with Crippen LogP contribution in [0.15, 0.2) is 108 Å². The number of carbonyl (C=O) groups excluding carboxylic acids is 2. The van der Waals surface area contributed by atoms with Crippen LogP contribution in [0, 0.1) is 0 Å². The maximum Gasteiger partial charge on any atom is 0.264 e. The number of carbonyl (C=O) groups is 2. The van der Waals surface area contributed by atoms with Crippen molar-refractivity contribution in [1.82, 2.24) is 10.2 Å². The van der Waals surface area contributed by atoms with Crippen molar-refractivity contribution in [3.63, 3.8) is 0 Å². The lowest BCUT2D eigenvalue weighted by Crippen LogP contribution is -2.51. The zero-order valence-electron chi connectivity index (χ0n) is 25.0. The second-order valence-corrected chi connectivity index (χ2v) is 13.0. The first-order chi connectivity index (χ1) is 21.6. The molecule has 0 radical (unpaired) electrons. The molecule has 0 aliphatic heterocycles. The van der Waals surface area contributed by atoms with Crippen molar-refractivity contribution in [1.29, 1.82) is 0 Å². The molecule has 0 heterocycles. The molecule has 0 saturated carbocycles. The van der Waals surface area contributed by atoms with E-state index >= 15 is 0 Å². The van der Waals surface area contributed by atoms with Crippen LogP contribution in [0.5, 0.6) is 11.5 Å². The Kier molecular flexibility index (Phi) is 11.9. The zero-order chi connectivity index (χ0) is 32.4. The van der Waals surface area contributed by atoms with Crippen LogP contribution >= 0.6 is 23.2 Å². The molecular formula is C34H35Cl2N3O5S. The van der Waals surface area contributed by atoms with Gasteiger partial charge in [-0.15, -0.1) is 0 Å². The summed E-state index contributed by atoms with van der Waals surface area (Å²) in [6.07, 6.45) is 1.67.